The fourth-order valence-corrected chi connectivity index (χ4v) is 1.94. The summed E-state index contributed by atoms with van der Waals surface area (Å²) in [4.78, 5) is 16.0. The minimum atomic E-state index is 0.167. The van der Waals surface area contributed by atoms with Gasteiger partial charge in [-0.15, -0.1) is 0 Å². The molecule has 0 aromatic heterocycles. The molecule has 17 heavy (non-hydrogen) atoms. The summed E-state index contributed by atoms with van der Waals surface area (Å²) in [6.45, 7) is 2.28. The third kappa shape index (κ3) is 9.27. The highest BCUT2D eigenvalue weighted by Crippen LogP contribution is 2.15. The maximum Gasteiger partial charge on any atom is 0.149 e. The molecule has 0 rings (SSSR count). The Balaban J connectivity index is 3.93. The highest BCUT2D eigenvalue weighted by Gasteiger charge is 2.16. The van der Waals surface area contributed by atoms with Crippen LogP contribution in [0, 0.1) is 5.92 Å². The van der Waals surface area contributed by atoms with Gasteiger partial charge in [-0.25, -0.2) is 0 Å². The zero-order valence-electron chi connectivity index (χ0n) is 11.9. The molecule has 0 bridgehead atoms. The van der Waals surface area contributed by atoms with Crippen LogP contribution in [0.25, 0.3) is 0 Å². The molecule has 0 atom stereocenters. The summed E-state index contributed by atoms with van der Waals surface area (Å²) in [5.41, 5.74) is 5.47. The Kier molecular flexibility index (Phi) is 9.31. The fourth-order valence-electron chi connectivity index (χ4n) is 1.94. The molecule has 4 heteroatoms. The molecule has 0 amide bonds. The second-order valence-corrected chi connectivity index (χ2v) is 5.26. The third-order valence-electron chi connectivity index (χ3n) is 2.97. The number of Topliss-reactive ketones (excluding diaryl/α,β-unsaturated/α-hetero) is 1. The first-order valence-electron chi connectivity index (χ1n) is 6.49. The van der Waals surface area contributed by atoms with E-state index in [1.165, 1.54) is 0 Å². The van der Waals surface area contributed by atoms with Crippen molar-refractivity contribution < 1.29 is 4.79 Å². The Morgan fingerprint density at radius 1 is 1.00 bits per heavy atom. The van der Waals surface area contributed by atoms with Crippen LogP contribution in [0.1, 0.15) is 25.7 Å². The number of nitrogens with two attached hydrogens (primary N) is 1. The minimum Gasteiger partial charge on any atom is -0.324 e. The molecule has 0 heterocycles. The van der Waals surface area contributed by atoms with E-state index in [-0.39, 0.29) is 18.2 Å². The Bertz CT molecular complexity index is 191. The Hall–Kier alpha value is -0.450. The van der Waals surface area contributed by atoms with Crippen LogP contribution in [0.15, 0.2) is 0 Å². The lowest BCUT2D eigenvalue weighted by atomic mass is 9.93. The van der Waals surface area contributed by atoms with Crippen molar-refractivity contribution in [2.45, 2.75) is 25.7 Å². The smallest absolute Gasteiger partial charge is 0.149 e. The summed E-state index contributed by atoms with van der Waals surface area (Å²) in [5, 5.41) is 0. The van der Waals surface area contributed by atoms with Gasteiger partial charge in [0.25, 0.3) is 0 Å². The topological polar surface area (TPSA) is 49.6 Å². The lowest BCUT2D eigenvalue weighted by Crippen LogP contribution is -2.25. The molecule has 2 N–H and O–H groups in total. The van der Waals surface area contributed by atoms with Gasteiger partial charge in [-0.3, -0.25) is 4.79 Å². The van der Waals surface area contributed by atoms with Crippen molar-refractivity contribution in [2.75, 3.05) is 47.8 Å². The van der Waals surface area contributed by atoms with Gasteiger partial charge < -0.3 is 15.5 Å². The van der Waals surface area contributed by atoms with Crippen LogP contribution in [0.5, 0.6) is 0 Å². The normalized spacial score (nSPS) is 11.8. The summed E-state index contributed by atoms with van der Waals surface area (Å²) in [6.07, 6.45) is 4.10. The summed E-state index contributed by atoms with van der Waals surface area (Å²) < 4.78 is 0. The van der Waals surface area contributed by atoms with E-state index < -0.39 is 0 Å². The van der Waals surface area contributed by atoms with E-state index >= 15 is 0 Å². The summed E-state index contributed by atoms with van der Waals surface area (Å²) in [7, 11) is 8.25. The van der Waals surface area contributed by atoms with Gasteiger partial charge in [0, 0.05) is 5.92 Å². The number of carbonyl (C=O) groups excluding carboxylic acids is 1. The Morgan fingerprint density at radius 3 is 1.71 bits per heavy atom. The molecule has 0 radical (unpaired) electrons. The predicted molar refractivity (Wildman–Crippen MR) is 73.1 cm³/mol. The molecule has 0 aliphatic heterocycles. The SMILES string of the molecule is CN(C)CCCC(CCCN(C)C)C(=O)CN. The van der Waals surface area contributed by atoms with Crippen molar-refractivity contribution in [1.82, 2.24) is 9.80 Å². The quantitative estimate of drug-likeness (QED) is 0.617. The van der Waals surface area contributed by atoms with Crippen LogP contribution >= 0.6 is 0 Å². The highest BCUT2D eigenvalue weighted by atomic mass is 16.1. The van der Waals surface area contributed by atoms with E-state index in [0.717, 1.165) is 38.8 Å². The van der Waals surface area contributed by atoms with E-state index in [1.807, 2.05) is 0 Å². The monoisotopic (exact) mass is 243 g/mol. The van der Waals surface area contributed by atoms with Crippen LogP contribution in [0.3, 0.4) is 0 Å². The first-order valence-corrected chi connectivity index (χ1v) is 6.49. The average molecular weight is 243 g/mol. The van der Waals surface area contributed by atoms with Crippen molar-refractivity contribution in [1.29, 1.82) is 0 Å². The number of carbonyl (C=O) groups is 1. The second-order valence-electron chi connectivity index (χ2n) is 5.26. The van der Waals surface area contributed by atoms with Gasteiger partial charge in [0.15, 0.2) is 0 Å². The van der Waals surface area contributed by atoms with E-state index in [4.69, 9.17) is 5.73 Å². The zero-order chi connectivity index (χ0) is 13.3. The largest absolute Gasteiger partial charge is 0.324 e. The molecule has 0 spiro atoms. The molecule has 0 saturated carbocycles. The molecule has 0 aromatic carbocycles. The number of hydrogen-bond donors (Lipinski definition) is 1. The molecule has 0 fully saturated rings. The second kappa shape index (κ2) is 9.57. The first-order chi connectivity index (χ1) is 7.97. The summed E-state index contributed by atoms with van der Waals surface area (Å²) in [5.74, 6) is 0.391. The van der Waals surface area contributed by atoms with E-state index in [2.05, 4.69) is 38.0 Å². The molecule has 4 nitrogen and oxygen atoms in total. The van der Waals surface area contributed by atoms with E-state index in [1.54, 1.807) is 0 Å². The van der Waals surface area contributed by atoms with Crippen molar-refractivity contribution in [3.05, 3.63) is 0 Å². The number of nitrogens with zero attached hydrogens (tertiary/aromatic N) is 2. The molecule has 0 aliphatic carbocycles. The maximum atomic E-state index is 11.7. The third-order valence-corrected chi connectivity index (χ3v) is 2.97. The molecular weight excluding hydrogens is 214 g/mol. The summed E-state index contributed by atoms with van der Waals surface area (Å²) >= 11 is 0. The van der Waals surface area contributed by atoms with Crippen molar-refractivity contribution in [2.24, 2.45) is 11.7 Å². The molecule has 102 valence electrons. The van der Waals surface area contributed by atoms with Gasteiger partial charge in [-0.05, 0) is 67.0 Å². The molecule has 0 aliphatic rings. The standard InChI is InChI=1S/C13H29N3O/c1-15(2)9-5-7-12(13(17)11-14)8-6-10-16(3)4/h12H,5-11,14H2,1-4H3. The van der Waals surface area contributed by atoms with Crippen LogP contribution in [0.2, 0.25) is 0 Å². The van der Waals surface area contributed by atoms with Crippen LogP contribution in [-0.2, 0) is 4.79 Å². The molecule has 0 aromatic rings. The van der Waals surface area contributed by atoms with Gasteiger partial charge in [0.1, 0.15) is 5.78 Å². The van der Waals surface area contributed by atoms with Crippen LogP contribution < -0.4 is 5.73 Å². The summed E-state index contributed by atoms with van der Waals surface area (Å²) in [6, 6.07) is 0. The van der Waals surface area contributed by atoms with Gasteiger partial charge in [0.05, 0.1) is 6.54 Å². The minimum absolute atomic E-state index is 0.167. The lowest BCUT2D eigenvalue weighted by Gasteiger charge is -2.17. The molecule has 0 unspecified atom stereocenters. The average Bonchev–Trinajstić information content (AvgIpc) is 2.25. The van der Waals surface area contributed by atoms with Crippen molar-refractivity contribution in [3.8, 4) is 0 Å². The van der Waals surface area contributed by atoms with E-state index in [9.17, 15) is 4.79 Å². The predicted octanol–water partition coefficient (Wildman–Crippen LogP) is 0.814. The number of ketones is 1. The zero-order valence-corrected chi connectivity index (χ0v) is 11.9. The van der Waals surface area contributed by atoms with Gasteiger partial charge >= 0.3 is 0 Å². The lowest BCUT2D eigenvalue weighted by molar-refractivity contribution is -0.122. The van der Waals surface area contributed by atoms with Gasteiger partial charge in [-0.1, -0.05) is 0 Å². The van der Waals surface area contributed by atoms with Gasteiger partial charge in [-0.2, -0.15) is 0 Å². The van der Waals surface area contributed by atoms with E-state index in [0.29, 0.717) is 0 Å². The molecule has 0 saturated heterocycles. The maximum absolute atomic E-state index is 11.7. The van der Waals surface area contributed by atoms with Crippen LogP contribution in [0.4, 0.5) is 0 Å². The van der Waals surface area contributed by atoms with Crippen LogP contribution in [-0.4, -0.2) is 63.4 Å². The Morgan fingerprint density at radius 2 is 1.41 bits per heavy atom. The fraction of sp³-hybridized carbons (Fsp3) is 0.923. The highest BCUT2D eigenvalue weighted by molar-refractivity contribution is 5.82. The first kappa shape index (κ1) is 16.6. The number of rotatable bonds is 10. The number of hydrogen-bond acceptors (Lipinski definition) is 4. The Labute approximate surface area is 106 Å². The molecular formula is C13H29N3O. The van der Waals surface area contributed by atoms with Gasteiger partial charge in [0.2, 0.25) is 0 Å². The van der Waals surface area contributed by atoms with Crippen molar-refractivity contribution in [3.63, 3.8) is 0 Å². The van der Waals surface area contributed by atoms with Crippen molar-refractivity contribution >= 4 is 5.78 Å².